The largest absolute Gasteiger partial charge is 0.368 e. The average Bonchev–Trinajstić information content (AvgIpc) is 3.02. The van der Waals surface area contributed by atoms with Crippen LogP contribution in [0.5, 0.6) is 0 Å². The lowest BCUT2D eigenvalue weighted by molar-refractivity contribution is -0.144. The maximum Gasteiger partial charge on any atom is 0.251 e. The van der Waals surface area contributed by atoms with Crippen LogP contribution >= 0.6 is 0 Å². The molecule has 1 aliphatic carbocycles. The van der Waals surface area contributed by atoms with Crippen LogP contribution in [0.4, 0.5) is 0 Å². The summed E-state index contributed by atoms with van der Waals surface area (Å²) in [6.45, 7) is 8.18. The van der Waals surface area contributed by atoms with Crippen LogP contribution in [0.1, 0.15) is 52.4 Å². The smallest absolute Gasteiger partial charge is 0.251 e. The van der Waals surface area contributed by atoms with E-state index < -0.39 is 0 Å². The number of likely N-dealkylation sites (N-methyl/N-ethyl adjacent to an activating group) is 1. The van der Waals surface area contributed by atoms with E-state index in [1.807, 2.05) is 6.92 Å². The molecular formula is C17H30N2O2. The van der Waals surface area contributed by atoms with E-state index >= 15 is 0 Å². The van der Waals surface area contributed by atoms with Crippen LogP contribution in [-0.2, 0) is 9.53 Å². The summed E-state index contributed by atoms with van der Waals surface area (Å²) in [5, 5.41) is 0. The summed E-state index contributed by atoms with van der Waals surface area (Å²) in [7, 11) is 0. The number of amides is 1. The van der Waals surface area contributed by atoms with Crippen molar-refractivity contribution in [1.29, 1.82) is 0 Å². The van der Waals surface area contributed by atoms with Gasteiger partial charge in [0.25, 0.3) is 5.91 Å². The standard InChI is InChI=1S/C17H30N2O2/c1-3-18-10-4-6-15(18)16-7-5-11-19(16)17(20)13(2)21-12-14-8-9-14/h13-16H,3-12H2,1-2H3/t13-,15-,16-/m1/s1. The topological polar surface area (TPSA) is 32.8 Å². The molecule has 0 aromatic carbocycles. The van der Waals surface area contributed by atoms with Gasteiger partial charge in [0.2, 0.25) is 0 Å². The zero-order chi connectivity index (χ0) is 14.8. The lowest BCUT2D eigenvalue weighted by Crippen LogP contribution is -2.50. The van der Waals surface area contributed by atoms with Gasteiger partial charge < -0.3 is 9.64 Å². The Balaban J connectivity index is 1.58. The fourth-order valence-electron chi connectivity index (χ4n) is 4.02. The number of hydrogen-bond acceptors (Lipinski definition) is 3. The molecule has 3 aliphatic rings. The van der Waals surface area contributed by atoms with Gasteiger partial charge in [0.1, 0.15) is 6.10 Å². The summed E-state index contributed by atoms with van der Waals surface area (Å²) in [6, 6.07) is 1.00. The second-order valence-corrected chi connectivity index (χ2v) is 7.00. The Morgan fingerprint density at radius 3 is 2.57 bits per heavy atom. The summed E-state index contributed by atoms with van der Waals surface area (Å²) in [5.74, 6) is 0.946. The molecule has 3 rings (SSSR count). The van der Waals surface area contributed by atoms with Gasteiger partial charge in [0.05, 0.1) is 6.61 Å². The molecule has 3 atom stereocenters. The third-order valence-electron chi connectivity index (χ3n) is 5.47. The highest BCUT2D eigenvalue weighted by molar-refractivity contribution is 5.81. The van der Waals surface area contributed by atoms with Crippen molar-refractivity contribution in [3.8, 4) is 0 Å². The Labute approximate surface area is 128 Å². The van der Waals surface area contributed by atoms with E-state index in [-0.39, 0.29) is 12.0 Å². The van der Waals surface area contributed by atoms with Gasteiger partial charge in [-0.25, -0.2) is 0 Å². The first-order valence-electron chi connectivity index (χ1n) is 8.86. The Bertz CT molecular complexity index is 370. The predicted molar refractivity (Wildman–Crippen MR) is 83.1 cm³/mol. The van der Waals surface area contributed by atoms with Crippen molar-refractivity contribution in [1.82, 2.24) is 9.80 Å². The first kappa shape index (κ1) is 15.3. The predicted octanol–water partition coefficient (Wildman–Crippen LogP) is 2.28. The maximum absolute atomic E-state index is 12.7. The Hall–Kier alpha value is -0.610. The van der Waals surface area contributed by atoms with Crippen molar-refractivity contribution in [3.05, 3.63) is 0 Å². The molecule has 120 valence electrons. The monoisotopic (exact) mass is 294 g/mol. The quantitative estimate of drug-likeness (QED) is 0.753. The van der Waals surface area contributed by atoms with Crippen molar-refractivity contribution >= 4 is 5.91 Å². The van der Waals surface area contributed by atoms with Crippen LogP contribution in [0.25, 0.3) is 0 Å². The molecule has 1 amide bonds. The first-order chi connectivity index (χ1) is 10.2. The van der Waals surface area contributed by atoms with E-state index in [0.29, 0.717) is 12.1 Å². The van der Waals surface area contributed by atoms with E-state index in [4.69, 9.17) is 4.74 Å². The molecule has 3 fully saturated rings. The van der Waals surface area contributed by atoms with E-state index in [1.54, 1.807) is 0 Å². The molecule has 0 unspecified atom stereocenters. The summed E-state index contributed by atoms with van der Waals surface area (Å²) >= 11 is 0. The number of nitrogens with zero attached hydrogens (tertiary/aromatic N) is 2. The number of carbonyl (C=O) groups excluding carboxylic acids is 1. The number of likely N-dealkylation sites (tertiary alicyclic amines) is 2. The molecular weight excluding hydrogens is 264 g/mol. The lowest BCUT2D eigenvalue weighted by atomic mass is 10.0. The third-order valence-corrected chi connectivity index (χ3v) is 5.47. The van der Waals surface area contributed by atoms with Crippen LogP contribution in [0.15, 0.2) is 0 Å². The van der Waals surface area contributed by atoms with Gasteiger partial charge in [-0.3, -0.25) is 9.69 Å². The van der Waals surface area contributed by atoms with Gasteiger partial charge in [-0.2, -0.15) is 0 Å². The lowest BCUT2D eigenvalue weighted by Gasteiger charge is -2.35. The van der Waals surface area contributed by atoms with Crippen LogP contribution in [0.3, 0.4) is 0 Å². The average molecular weight is 294 g/mol. The Morgan fingerprint density at radius 2 is 1.86 bits per heavy atom. The molecule has 2 saturated heterocycles. The van der Waals surface area contributed by atoms with Crippen LogP contribution in [-0.4, -0.2) is 60.1 Å². The van der Waals surface area contributed by atoms with Crippen LogP contribution in [0, 0.1) is 5.92 Å². The SMILES string of the molecule is CCN1CCC[C@@H]1[C@H]1CCCN1C(=O)[C@@H](C)OCC1CC1. The molecule has 0 aromatic heterocycles. The minimum Gasteiger partial charge on any atom is -0.368 e. The van der Waals surface area contributed by atoms with E-state index in [9.17, 15) is 4.79 Å². The summed E-state index contributed by atoms with van der Waals surface area (Å²) in [6.07, 6.45) is 7.15. The van der Waals surface area contributed by atoms with Crippen molar-refractivity contribution < 1.29 is 9.53 Å². The van der Waals surface area contributed by atoms with Gasteiger partial charge in [-0.05, 0) is 64.5 Å². The van der Waals surface area contributed by atoms with Crippen molar-refractivity contribution in [2.75, 3.05) is 26.2 Å². The van der Waals surface area contributed by atoms with Crippen LogP contribution in [0.2, 0.25) is 0 Å². The fraction of sp³-hybridized carbons (Fsp3) is 0.941. The summed E-state index contributed by atoms with van der Waals surface area (Å²) < 4.78 is 5.80. The van der Waals surface area contributed by atoms with E-state index in [0.717, 1.165) is 32.0 Å². The van der Waals surface area contributed by atoms with E-state index in [1.165, 1.54) is 38.6 Å². The minimum atomic E-state index is -0.261. The minimum absolute atomic E-state index is 0.223. The summed E-state index contributed by atoms with van der Waals surface area (Å²) in [5.41, 5.74) is 0. The van der Waals surface area contributed by atoms with Crippen molar-refractivity contribution in [3.63, 3.8) is 0 Å². The van der Waals surface area contributed by atoms with Crippen molar-refractivity contribution in [2.24, 2.45) is 5.92 Å². The highest BCUT2D eigenvalue weighted by Gasteiger charge is 2.40. The molecule has 0 radical (unpaired) electrons. The van der Waals surface area contributed by atoms with Gasteiger partial charge >= 0.3 is 0 Å². The molecule has 0 N–H and O–H groups in total. The summed E-state index contributed by atoms with van der Waals surface area (Å²) in [4.78, 5) is 17.4. The van der Waals surface area contributed by atoms with Gasteiger partial charge in [-0.15, -0.1) is 0 Å². The molecule has 4 heteroatoms. The zero-order valence-electron chi connectivity index (χ0n) is 13.6. The van der Waals surface area contributed by atoms with E-state index in [2.05, 4.69) is 16.7 Å². The fourth-order valence-corrected chi connectivity index (χ4v) is 4.02. The highest BCUT2D eigenvalue weighted by Crippen LogP contribution is 2.31. The van der Waals surface area contributed by atoms with Gasteiger partial charge in [0, 0.05) is 18.6 Å². The molecule has 2 aliphatic heterocycles. The number of ether oxygens (including phenoxy) is 1. The molecule has 0 spiro atoms. The normalized spacial score (nSPS) is 31.8. The number of carbonyl (C=O) groups is 1. The third kappa shape index (κ3) is 3.42. The molecule has 4 nitrogen and oxygen atoms in total. The second-order valence-electron chi connectivity index (χ2n) is 7.00. The number of rotatable bonds is 6. The Kier molecular flexibility index (Phi) is 4.85. The highest BCUT2D eigenvalue weighted by atomic mass is 16.5. The van der Waals surface area contributed by atoms with Gasteiger partial charge in [0.15, 0.2) is 0 Å². The molecule has 21 heavy (non-hydrogen) atoms. The van der Waals surface area contributed by atoms with Crippen LogP contribution < -0.4 is 0 Å². The number of hydrogen-bond donors (Lipinski definition) is 0. The molecule has 1 saturated carbocycles. The first-order valence-corrected chi connectivity index (χ1v) is 8.86. The molecule has 0 aromatic rings. The molecule has 0 bridgehead atoms. The van der Waals surface area contributed by atoms with Gasteiger partial charge in [-0.1, -0.05) is 6.92 Å². The second kappa shape index (κ2) is 6.66. The zero-order valence-corrected chi connectivity index (χ0v) is 13.6. The van der Waals surface area contributed by atoms with Crippen molar-refractivity contribution in [2.45, 2.75) is 70.6 Å². The Morgan fingerprint density at radius 1 is 1.14 bits per heavy atom. The molecule has 2 heterocycles. The maximum atomic E-state index is 12.7.